The molecule has 0 fully saturated rings. The van der Waals surface area contributed by atoms with Gasteiger partial charge < -0.3 is 4.74 Å². The summed E-state index contributed by atoms with van der Waals surface area (Å²) in [6.45, 7) is 0. The van der Waals surface area contributed by atoms with Crippen LogP contribution in [0.15, 0.2) is 48.5 Å². The fourth-order valence-corrected chi connectivity index (χ4v) is 1.72. The van der Waals surface area contributed by atoms with Crippen LogP contribution in [0.4, 0.5) is 22.0 Å². The van der Waals surface area contributed by atoms with E-state index in [1.165, 1.54) is 12.1 Å². The number of esters is 1. The third kappa shape index (κ3) is 4.91. The van der Waals surface area contributed by atoms with Crippen LogP contribution in [0.3, 0.4) is 0 Å². The van der Waals surface area contributed by atoms with E-state index < -0.39 is 29.3 Å². The third-order valence-corrected chi connectivity index (χ3v) is 2.68. The lowest BCUT2D eigenvalue weighted by Crippen LogP contribution is -2.05. The summed E-state index contributed by atoms with van der Waals surface area (Å²) < 4.78 is 68.2. The Morgan fingerprint density at radius 2 is 1.65 bits per heavy atom. The quantitative estimate of drug-likeness (QED) is 0.356. The zero-order valence-corrected chi connectivity index (χ0v) is 11.4. The van der Waals surface area contributed by atoms with E-state index in [0.717, 1.165) is 36.4 Å². The van der Waals surface area contributed by atoms with E-state index in [1.54, 1.807) is 0 Å². The fourth-order valence-electron chi connectivity index (χ4n) is 1.72. The molecule has 0 unspecified atom stereocenters. The predicted molar refractivity (Wildman–Crippen MR) is 72.5 cm³/mol. The Morgan fingerprint density at radius 1 is 1.00 bits per heavy atom. The van der Waals surface area contributed by atoms with Crippen LogP contribution in [0.2, 0.25) is 0 Å². The number of benzene rings is 2. The highest BCUT2D eigenvalue weighted by molar-refractivity contribution is 5.88. The molecule has 0 aliphatic heterocycles. The molecule has 120 valence electrons. The number of rotatable bonds is 3. The second-order valence-corrected chi connectivity index (χ2v) is 4.48. The summed E-state index contributed by atoms with van der Waals surface area (Å²) in [5, 5.41) is 0. The minimum Gasteiger partial charge on any atom is -0.423 e. The molecule has 0 aromatic heterocycles. The lowest BCUT2D eigenvalue weighted by Gasteiger charge is -2.06. The van der Waals surface area contributed by atoms with Crippen LogP contribution in [-0.4, -0.2) is 5.97 Å². The predicted octanol–water partition coefficient (Wildman–Crippen LogP) is 4.60. The Bertz CT molecular complexity index is 730. The summed E-state index contributed by atoms with van der Waals surface area (Å²) in [5.41, 5.74) is -0.734. The van der Waals surface area contributed by atoms with Crippen LogP contribution in [-0.2, 0) is 11.0 Å². The van der Waals surface area contributed by atoms with Crippen LogP contribution in [0, 0.1) is 11.6 Å². The van der Waals surface area contributed by atoms with Gasteiger partial charge in [0.25, 0.3) is 0 Å². The highest BCUT2D eigenvalue weighted by Crippen LogP contribution is 2.29. The van der Waals surface area contributed by atoms with Crippen LogP contribution < -0.4 is 4.74 Å². The first-order valence-electron chi connectivity index (χ1n) is 6.27. The molecule has 23 heavy (non-hydrogen) atoms. The van der Waals surface area contributed by atoms with E-state index >= 15 is 0 Å². The first kappa shape index (κ1) is 16.7. The molecule has 0 radical (unpaired) electrons. The third-order valence-electron chi connectivity index (χ3n) is 2.68. The summed E-state index contributed by atoms with van der Waals surface area (Å²) >= 11 is 0. The van der Waals surface area contributed by atoms with Gasteiger partial charge in [-0.25, -0.2) is 13.6 Å². The van der Waals surface area contributed by atoms with E-state index in [9.17, 15) is 26.7 Å². The van der Waals surface area contributed by atoms with E-state index in [1.807, 2.05) is 0 Å². The molecule has 2 rings (SSSR count). The normalized spacial score (nSPS) is 11.7. The molecule has 0 heterocycles. The molecule has 0 atom stereocenters. The number of hydrogen-bond acceptors (Lipinski definition) is 2. The van der Waals surface area contributed by atoms with Gasteiger partial charge >= 0.3 is 12.1 Å². The van der Waals surface area contributed by atoms with E-state index in [2.05, 4.69) is 4.74 Å². The molecule has 0 aliphatic rings. The van der Waals surface area contributed by atoms with Crippen molar-refractivity contribution in [3.05, 3.63) is 71.3 Å². The SMILES string of the molecule is O=C(/C=C/c1cccc(C(F)(F)F)c1)Oc1cc(F)cc(F)c1. The molecule has 0 N–H and O–H groups in total. The van der Waals surface area contributed by atoms with Crippen molar-refractivity contribution in [2.24, 2.45) is 0 Å². The Morgan fingerprint density at radius 3 is 2.26 bits per heavy atom. The Hall–Kier alpha value is -2.70. The highest BCUT2D eigenvalue weighted by Gasteiger charge is 2.30. The number of carbonyl (C=O) groups is 1. The van der Waals surface area contributed by atoms with Crippen LogP contribution in [0.25, 0.3) is 6.08 Å². The van der Waals surface area contributed by atoms with Gasteiger partial charge in [0.2, 0.25) is 0 Å². The van der Waals surface area contributed by atoms with Crippen molar-refractivity contribution < 1.29 is 31.5 Å². The number of halogens is 5. The molecule has 0 bridgehead atoms. The molecule has 2 nitrogen and oxygen atoms in total. The van der Waals surface area contributed by atoms with E-state index in [0.29, 0.717) is 6.07 Å². The van der Waals surface area contributed by atoms with Gasteiger partial charge in [-0.15, -0.1) is 0 Å². The summed E-state index contributed by atoms with van der Waals surface area (Å²) in [7, 11) is 0. The number of alkyl halides is 3. The van der Waals surface area contributed by atoms with Crippen molar-refractivity contribution in [1.82, 2.24) is 0 Å². The number of ether oxygens (including phenoxy) is 1. The maximum absolute atomic E-state index is 12.9. The first-order valence-corrected chi connectivity index (χ1v) is 6.27. The Labute approximate surface area is 127 Å². The summed E-state index contributed by atoms with van der Waals surface area (Å²) in [4.78, 5) is 11.5. The van der Waals surface area contributed by atoms with Gasteiger partial charge in [-0.05, 0) is 23.8 Å². The molecule has 0 spiro atoms. The van der Waals surface area contributed by atoms with Gasteiger partial charge in [0.05, 0.1) is 5.56 Å². The topological polar surface area (TPSA) is 26.3 Å². The van der Waals surface area contributed by atoms with Crippen molar-refractivity contribution in [1.29, 1.82) is 0 Å². The standard InChI is InChI=1S/C16H9F5O2/c17-12-7-13(18)9-14(8-12)23-15(22)5-4-10-2-1-3-11(6-10)16(19,20)21/h1-9H/b5-4+. The molecule has 7 heteroatoms. The average molecular weight is 328 g/mol. The van der Waals surface area contributed by atoms with Crippen LogP contribution in [0.5, 0.6) is 5.75 Å². The zero-order chi connectivity index (χ0) is 17.0. The molecule has 0 amide bonds. The minimum absolute atomic E-state index is 0.127. The maximum atomic E-state index is 12.9. The van der Waals surface area contributed by atoms with Gasteiger partial charge in [-0.2, -0.15) is 13.2 Å². The molecular weight excluding hydrogens is 319 g/mol. The summed E-state index contributed by atoms with van der Waals surface area (Å²) in [5.74, 6) is -3.17. The lowest BCUT2D eigenvalue weighted by molar-refractivity contribution is -0.137. The Kier molecular flexibility index (Phi) is 4.78. The molecule has 2 aromatic carbocycles. The van der Waals surface area contributed by atoms with E-state index in [-0.39, 0.29) is 11.3 Å². The second-order valence-electron chi connectivity index (χ2n) is 4.48. The molecule has 2 aromatic rings. The summed E-state index contributed by atoms with van der Waals surface area (Å²) in [6, 6.07) is 6.52. The van der Waals surface area contributed by atoms with Gasteiger partial charge in [-0.1, -0.05) is 12.1 Å². The first-order chi connectivity index (χ1) is 10.7. The Balaban J connectivity index is 2.09. The lowest BCUT2D eigenvalue weighted by atomic mass is 10.1. The smallest absolute Gasteiger partial charge is 0.416 e. The van der Waals surface area contributed by atoms with Crippen LogP contribution in [0.1, 0.15) is 11.1 Å². The highest BCUT2D eigenvalue weighted by atomic mass is 19.4. The molecule has 0 aliphatic carbocycles. The molecule has 0 saturated carbocycles. The fraction of sp³-hybridized carbons (Fsp3) is 0.0625. The van der Waals surface area contributed by atoms with Gasteiger partial charge in [0, 0.05) is 24.3 Å². The van der Waals surface area contributed by atoms with E-state index in [4.69, 9.17) is 0 Å². The van der Waals surface area contributed by atoms with Gasteiger partial charge in [0.1, 0.15) is 17.4 Å². The largest absolute Gasteiger partial charge is 0.423 e. The van der Waals surface area contributed by atoms with Crippen molar-refractivity contribution in [3.63, 3.8) is 0 Å². The van der Waals surface area contributed by atoms with Crippen LogP contribution >= 0.6 is 0 Å². The van der Waals surface area contributed by atoms with Crippen molar-refractivity contribution in [2.75, 3.05) is 0 Å². The molecular formula is C16H9F5O2. The van der Waals surface area contributed by atoms with Gasteiger partial charge in [0.15, 0.2) is 0 Å². The maximum Gasteiger partial charge on any atom is 0.416 e. The minimum atomic E-state index is -4.50. The molecule has 0 saturated heterocycles. The van der Waals surface area contributed by atoms with Crippen molar-refractivity contribution in [2.45, 2.75) is 6.18 Å². The second kappa shape index (κ2) is 6.60. The number of carbonyl (C=O) groups excluding carboxylic acids is 1. The zero-order valence-electron chi connectivity index (χ0n) is 11.4. The van der Waals surface area contributed by atoms with Crippen molar-refractivity contribution in [3.8, 4) is 5.75 Å². The summed E-state index contributed by atoms with van der Waals surface area (Å²) in [6.07, 6.45) is -2.53. The van der Waals surface area contributed by atoms with Crippen molar-refractivity contribution >= 4 is 12.0 Å². The average Bonchev–Trinajstić information content (AvgIpc) is 2.43. The monoisotopic (exact) mass is 328 g/mol. The number of hydrogen-bond donors (Lipinski definition) is 0. The van der Waals surface area contributed by atoms with Gasteiger partial charge in [-0.3, -0.25) is 0 Å².